The maximum absolute atomic E-state index is 10.0. The van der Waals surface area contributed by atoms with Gasteiger partial charge in [0.1, 0.15) is 0 Å². The molecule has 15 heavy (non-hydrogen) atoms. The van der Waals surface area contributed by atoms with Crippen molar-refractivity contribution in [3.63, 3.8) is 0 Å². The molecule has 4 heteroatoms. The van der Waals surface area contributed by atoms with Gasteiger partial charge in [-0.1, -0.05) is 6.42 Å². The topological polar surface area (TPSA) is 38.0 Å². The Morgan fingerprint density at radius 2 is 2.27 bits per heavy atom. The van der Waals surface area contributed by atoms with Crippen LogP contribution in [0.3, 0.4) is 0 Å². The summed E-state index contributed by atoms with van der Waals surface area (Å²) in [5.41, 5.74) is 2.10. The number of hydrogen-bond acceptors (Lipinski definition) is 2. The Morgan fingerprint density at radius 3 is 2.67 bits per heavy atom. The zero-order valence-electron chi connectivity index (χ0n) is 9.20. The molecule has 2 rings (SSSR count). The highest BCUT2D eigenvalue weighted by atomic mass is 79.9. The first-order chi connectivity index (χ1) is 7.09. The van der Waals surface area contributed by atoms with Crippen molar-refractivity contribution in [2.75, 3.05) is 0 Å². The summed E-state index contributed by atoms with van der Waals surface area (Å²) in [6.45, 7) is 1.98. The van der Waals surface area contributed by atoms with Gasteiger partial charge in [0.15, 0.2) is 0 Å². The third-order valence-corrected chi connectivity index (χ3v) is 4.39. The Bertz CT molecular complexity index is 358. The lowest BCUT2D eigenvalue weighted by Gasteiger charge is -2.30. The van der Waals surface area contributed by atoms with Gasteiger partial charge in [-0.2, -0.15) is 5.10 Å². The molecule has 1 saturated carbocycles. The lowest BCUT2D eigenvalue weighted by Crippen LogP contribution is -2.29. The molecule has 1 fully saturated rings. The van der Waals surface area contributed by atoms with E-state index < -0.39 is 0 Å². The van der Waals surface area contributed by atoms with Gasteiger partial charge in [0.2, 0.25) is 0 Å². The standard InChI is InChI=1S/C11H17BrN2O/c1-7-11(12)9(14(2)13-7)6-10(15)8-4-3-5-8/h8,10,15H,3-6H2,1-2H3. The van der Waals surface area contributed by atoms with Crippen molar-refractivity contribution in [2.45, 2.75) is 38.7 Å². The molecule has 0 aromatic carbocycles. The summed E-state index contributed by atoms with van der Waals surface area (Å²) in [6.07, 6.45) is 4.13. The van der Waals surface area contributed by atoms with Gasteiger partial charge in [0.05, 0.1) is 22.0 Å². The zero-order valence-corrected chi connectivity index (χ0v) is 10.8. The van der Waals surface area contributed by atoms with Crippen molar-refractivity contribution >= 4 is 15.9 Å². The molecular weight excluding hydrogens is 256 g/mol. The van der Waals surface area contributed by atoms with E-state index in [1.165, 1.54) is 19.3 Å². The molecule has 1 aliphatic carbocycles. The van der Waals surface area contributed by atoms with E-state index in [0.29, 0.717) is 12.3 Å². The van der Waals surface area contributed by atoms with E-state index in [-0.39, 0.29) is 6.10 Å². The minimum absolute atomic E-state index is 0.204. The molecule has 1 N–H and O–H groups in total. The first kappa shape index (κ1) is 11.1. The van der Waals surface area contributed by atoms with Gasteiger partial charge in [-0.05, 0) is 41.6 Å². The van der Waals surface area contributed by atoms with Gasteiger partial charge in [-0.15, -0.1) is 0 Å². The third-order valence-electron chi connectivity index (χ3n) is 3.36. The molecule has 1 unspecified atom stereocenters. The van der Waals surface area contributed by atoms with Crippen molar-refractivity contribution in [3.8, 4) is 0 Å². The number of nitrogens with zero attached hydrogens (tertiary/aromatic N) is 2. The fourth-order valence-corrected chi connectivity index (χ4v) is 2.59. The van der Waals surface area contributed by atoms with Crippen LogP contribution < -0.4 is 0 Å². The van der Waals surface area contributed by atoms with E-state index >= 15 is 0 Å². The smallest absolute Gasteiger partial charge is 0.0738 e. The Hall–Kier alpha value is -0.350. The van der Waals surface area contributed by atoms with E-state index in [0.717, 1.165) is 15.9 Å². The van der Waals surface area contributed by atoms with Gasteiger partial charge in [-0.25, -0.2) is 0 Å². The maximum atomic E-state index is 10.0. The number of hydrogen-bond donors (Lipinski definition) is 1. The predicted octanol–water partition coefficient (Wildman–Crippen LogP) is 2.19. The summed E-state index contributed by atoms with van der Waals surface area (Å²) in [5, 5.41) is 14.3. The maximum Gasteiger partial charge on any atom is 0.0738 e. The van der Waals surface area contributed by atoms with Gasteiger partial charge in [0.25, 0.3) is 0 Å². The Balaban J connectivity index is 2.09. The van der Waals surface area contributed by atoms with Crippen LogP contribution in [0.2, 0.25) is 0 Å². The van der Waals surface area contributed by atoms with Crippen molar-refractivity contribution < 1.29 is 5.11 Å². The van der Waals surface area contributed by atoms with E-state index in [4.69, 9.17) is 0 Å². The van der Waals surface area contributed by atoms with Gasteiger partial charge < -0.3 is 5.11 Å². The number of aryl methyl sites for hydroxylation is 2. The molecule has 0 radical (unpaired) electrons. The summed E-state index contributed by atoms with van der Waals surface area (Å²) >= 11 is 3.52. The lowest BCUT2D eigenvalue weighted by atomic mass is 9.80. The second-order valence-electron chi connectivity index (χ2n) is 4.43. The quantitative estimate of drug-likeness (QED) is 0.916. The SMILES string of the molecule is Cc1nn(C)c(CC(O)C2CCC2)c1Br. The molecule has 0 bridgehead atoms. The Morgan fingerprint density at radius 1 is 1.60 bits per heavy atom. The van der Waals surface area contributed by atoms with Crippen LogP contribution in [0, 0.1) is 12.8 Å². The van der Waals surface area contributed by atoms with E-state index in [9.17, 15) is 5.11 Å². The van der Waals surface area contributed by atoms with Crippen LogP contribution in [0.5, 0.6) is 0 Å². The van der Waals surface area contributed by atoms with Crippen LogP contribution in [-0.4, -0.2) is 21.0 Å². The number of aromatic nitrogens is 2. The monoisotopic (exact) mass is 272 g/mol. The van der Waals surface area contributed by atoms with E-state index in [1.54, 1.807) is 0 Å². The molecule has 3 nitrogen and oxygen atoms in total. The fraction of sp³-hybridized carbons (Fsp3) is 0.727. The second-order valence-corrected chi connectivity index (χ2v) is 5.23. The third kappa shape index (κ3) is 2.11. The molecule has 0 saturated heterocycles. The number of rotatable bonds is 3. The first-order valence-corrected chi connectivity index (χ1v) is 6.25. The molecule has 0 aliphatic heterocycles. The van der Waals surface area contributed by atoms with E-state index in [2.05, 4.69) is 21.0 Å². The Kier molecular flexibility index (Phi) is 3.16. The molecule has 84 valence electrons. The minimum Gasteiger partial charge on any atom is -0.392 e. The highest BCUT2D eigenvalue weighted by Crippen LogP contribution is 2.32. The van der Waals surface area contributed by atoms with Gasteiger partial charge >= 0.3 is 0 Å². The zero-order chi connectivity index (χ0) is 11.0. The lowest BCUT2D eigenvalue weighted by molar-refractivity contribution is 0.0614. The molecule has 0 spiro atoms. The highest BCUT2D eigenvalue weighted by Gasteiger charge is 2.27. The first-order valence-electron chi connectivity index (χ1n) is 5.45. The van der Waals surface area contributed by atoms with Crippen LogP contribution in [-0.2, 0) is 13.5 Å². The van der Waals surface area contributed by atoms with Crippen LogP contribution in [0.25, 0.3) is 0 Å². The molecular formula is C11H17BrN2O. The van der Waals surface area contributed by atoms with Gasteiger partial charge in [0, 0.05) is 13.5 Å². The molecule has 1 heterocycles. The second kappa shape index (κ2) is 4.26. The summed E-state index contributed by atoms with van der Waals surface area (Å²) < 4.78 is 2.91. The molecule has 1 atom stereocenters. The molecule has 1 aromatic rings. The fourth-order valence-electron chi connectivity index (χ4n) is 2.09. The van der Waals surface area contributed by atoms with Crippen molar-refractivity contribution in [2.24, 2.45) is 13.0 Å². The summed E-state index contributed by atoms with van der Waals surface area (Å²) in [5.74, 6) is 0.507. The average Bonchev–Trinajstić information content (AvgIpc) is 2.29. The summed E-state index contributed by atoms with van der Waals surface area (Å²) in [4.78, 5) is 0. The molecule has 0 amide bonds. The largest absolute Gasteiger partial charge is 0.392 e. The molecule has 1 aromatic heterocycles. The normalized spacial score (nSPS) is 18.9. The minimum atomic E-state index is -0.204. The van der Waals surface area contributed by atoms with Crippen LogP contribution in [0.1, 0.15) is 30.7 Å². The van der Waals surface area contributed by atoms with Crippen LogP contribution >= 0.6 is 15.9 Å². The number of halogens is 1. The van der Waals surface area contributed by atoms with Gasteiger partial charge in [-0.3, -0.25) is 4.68 Å². The van der Waals surface area contributed by atoms with Crippen LogP contribution in [0.4, 0.5) is 0 Å². The van der Waals surface area contributed by atoms with Crippen molar-refractivity contribution in [1.29, 1.82) is 0 Å². The molecule has 1 aliphatic rings. The number of aliphatic hydroxyl groups is 1. The van der Waals surface area contributed by atoms with E-state index in [1.807, 2.05) is 18.7 Å². The summed E-state index contributed by atoms with van der Waals surface area (Å²) in [6, 6.07) is 0. The number of aliphatic hydroxyl groups excluding tert-OH is 1. The highest BCUT2D eigenvalue weighted by molar-refractivity contribution is 9.10. The average molecular weight is 273 g/mol. The predicted molar refractivity (Wildman–Crippen MR) is 62.7 cm³/mol. The van der Waals surface area contributed by atoms with Crippen molar-refractivity contribution in [3.05, 3.63) is 15.9 Å². The van der Waals surface area contributed by atoms with Crippen molar-refractivity contribution in [1.82, 2.24) is 9.78 Å². The Labute approximate surface area is 98.6 Å². The summed E-state index contributed by atoms with van der Waals surface area (Å²) in [7, 11) is 1.93. The van der Waals surface area contributed by atoms with Crippen LogP contribution in [0.15, 0.2) is 4.47 Å².